The Labute approximate surface area is 215 Å². The molecule has 2 rings (SSSR count). The van der Waals surface area contributed by atoms with Crippen LogP contribution in [-0.4, -0.2) is 65.5 Å². The first-order valence-electron chi connectivity index (χ1n) is 11.8. The number of nitrogens with one attached hydrogen (secondary N) is 2. The molecule has 0 radical (unpaired) electrons. The van der Waals surface area contributed by atoms with Crippen molar-refractivity contribution in [3.8, 4) is 0 Å². The largest absolute Gasteiger partial charge is 0.480 e. The highest BCUT2D eigenvalue weighted by Crippen LogP contribution is 2.13. The number of benzene rings is 2. The summed E-state index contributed by atoms with van der Waals surface area (Å²) in [5.74, 6) is -3.03. The number of carboxylic acids is 1. The number of carboxylic acid groups (broad SMARTS) is 1. The van der Waals surface area contributed by atoms with E-state index in [1.165, 1.54) is 0 Å². The first kappa shape index (κ1) is 29.0. The highest BCUT2D eigenvalue weighted by molar-refractivity contribution is 5.99. The number of aliphatic carboxylic acids is 1. The highest BCUT2D eigenvalue weighted by Gasteiger charge is 2.36. The van der Waals surface area contributed by atoms with Crippen LogP contribution in [-0.2, 0) is 36.9 Å². The third-order valence-electron chi connectivity index (χ3n) is 5.49. The zero-order valence-corrected chi connectivity index (χ0v) is 20.4. The van der Waals surface area contributed by atoms with E-state index in [0.717, 1.165) is 0 Å². The van der Waals surface area contributed by atoms with Crippen LogP contribution >= 0.6 is 0 Å². The molecule has 0 aliphatic carbocycles. The van der Waals surface area contributed by atoms with Crippen molar-refractivity contribution >= 4 is 30.3 Å². The lowest BCUT2D eigenvalue weighted by Gasteiger charge is -2.27. The lowest BCUT2D eigenvalue weighted by Crippen LogP contribution is -2.54. The Balaban J connectivity index is 2.19. The summed E-state index contributed by atoms with van der Waals surface area (Å²) >= 11 is 0. The topological polar surface area (TPSA) is 168 Å². The molecule has 0 heterocycles. The quantitative estimate of drug-likeness (QED) is 0.204. The standard InChI is InChI=1S/C26H32N4O7/c27-14-8-7-13-21(29-18-31)24(33)28-16-23(32)30(26(36)37-17-20-11-5-2-6-12-20)22(25(34)35)15-19-9-3-1-4-10-19/h1-6,9-12,18,21-22H,7-8,13-17,27H2,(H,28,33)(H,29,31)(H,34,35)/t21-,22-/m0/s1. The van der Waals surface area contributed by atoms with Crippen molar-refractivity contribution in [2.24, 2.45) is 5.73 Å². The number of ether oxygens (including phenoxy) is 1. The summed E-state index contributed by atoms with van der Waals surface area (Å²) in [4.78, 5) is 62.2. The molecule has 198 valence electrons. The molecular weight excluding hydrogens is 480 g/mol. The molecule has 5 N–H and O–H groups in total. The van der Waals surface area contributed by atoms with Crippen LogP contribution in [0, 0.1) is 0 Å². The molecule has 0 aliphatic heterocycles. The second-order valence-corrected chi connectivity index (χ2v) is 8.19. The average Bonchev–Trinajstić information content (AvgIpc) is 2.90. The van der Waals surface area contributed by atoms with Gasteiger partial charge in [-0.3, -0.25) is 14.4 Å². The van der Waals surface area contributed by atoms with Gasteiger partial charge < -0.3 is 26.2 Å². The van der Waals surface area contributed by atoms with Crippen LogP contribution in [0.15, 0.2) is 60.7 Å². The number of unbranched alkanes of at least 4 members (excludes halogenated alkanes) is 1. The number of imide groups is 1. The lowest BCUT2D eigenvalue weighted by molar-refractivity contribution is -0.148. The number of nitrogens with zero attached hydrogens (tertiary/aromatic N) is 1. The summed E-state index contributed by atoms with van der Waals surface area (Å²) in [6.07, 6.45) is 0.567. The molecule has 0 saturated carbocycles. The minimum atomic E-state index is -1.58. The van der Waals surface area contributed by atoms with E-state index in [0.29, 0.717) is 48.2 Å². The van der Waals surface area contributed by atoms with Gasteiger partial charge in [-0.1, -0.05) is 60.7 Å². The molecule has 0 aliphatic rings. The Kier molecular flexibility index (Phi) is 12.3. The van der Waals surface area contributed by atoms with Crippen molar-refractivity contribution < 1.29 is 33.8 Å². The van der Waals surface area contributed by atoms with Crippen LogP contribution in [0.1, 0.15) is 30.4 Å². The highest BCUT2D eigenvalue weighted by atomic mass is 16.6. The molecule has 0 spiro atoms. The predicted octanol–water partition coefficient (Wildman–Crippen LogP) is 1.21. The molecular formula is C26H32N4O7. The second kappa shape index (κ2) is 15.7. The fraction of sp³-hybridized carbons (Fsp3) is 0.346. The van der Waals surface area contributed by atoms with E-state index in [2.05, 4.69) is 10.6 Å². The molecule has 4 amide bonds. The van der Waals surface area contributed by atoms with Gasteiger partial charge in [0.1, 0.15) is 18.7 Å². The first-order valence-corrected chi connectivity index (χ1v) is 11.8. The molecule has 11 nitrogen and oxygen atoms in total. The normalized spacial score (nSPS) is 12.0. The van der Waals surface area contributed by atoms with E-state index in [-0.39, 0.29) is 13.0 Å². The summed E-state index contributed by atoms with van der Waals surface area (Å²) in [5, 5.41) is 14.7. The fourth-order valence-electron chi connectivity index (χ4n) is 3.55. The maximum Gasteiger partial charge on any atom is 0.417 e. The van der Waals surface area contributed by atoms with Crippen LogP contribution in [0.25, 0.3) is 0 Å². The molecule has 2 atom stereocenters. The zero-order chi connectivity index (χ0) is 27.0. The van der Waals surface area contributed by atoms with Gasteiger partial charge in [0, 0.05) is 6.42 Å². The maximum absolute atomic E-state index is 13.1. The molecule has 11 heteroatoms. The zero-order valence-electron chi connectivity index (χ0n) is 20.4. The van der Waals surface area contributed by atoms with Crippen molar-refractivity contribution in [1.29, 1.82) is 0 Å². The van der Waals surface area contributed by atoms with Gasteiger partial charge in [0.15, 0.2) is 0 Å². The summed E-state index contributed by atoms with van der Waals surface area (Å²) < 4.78 is 5.26. The molecule has 37 heavy (non-hydrogen) atoms. The number of amides is 4. The number of hydrogen-bond acceptors (Lipinski definition) is 7. The van der Waals surface area contributed by atoms with Crippen molar-refractivity contribution in [3.63, 3.8) is 0 Å². The lowest BCUT2D eigenvalue weighted by atomic mass is 10.0. The number of nitrogens with two attached hydrogens (primary N) is 1. The molecule has 0 aromatic heterocycles. The van der Waals surface area contributed by atoms with Crippen LogP contribution < -0.4 is 16.4 Å². The van der Waals surface area contributed by atoms with Crippen LogP contribution in [0.3, 0.4) is 0 Å². The van der Waals surface area contributed by atoms with E-state index in [1.807, 2.05) is 0 Å². The number of rotatable bonds is 15. The van der Waals surface area contributed by atoms with Gasteiger partial charge in [-0.15, -0.1) is 0 Å². The van der Waals surface area contributed by atoms with Gasteiger partial charge in [0.25, 0.3) is 5.91 Å². The Bertz CT molecular complexity index is 1030. The Morgan fingerprint density at radius 1 is 0.973 bits per heavy atom. The molecule has 0 fully saturated rings. The smallest absolute Gasteiger partial charge is 0.417 e. The SMILES string of the molecule is NCCCC[C@H](NC=O)C(=O)NCC(=O)N(C(=O)OCc1ccccc1)[C@@H](Cc1ccccc1)C(=O)O. The summed E-state index contributed by atoms with van der Waals surface area (Å²) in [7, 11) is 0. The van der Waals surface area contributed by atoms with Gasteiger partial charge >= 0.3 is 12.1 Å². The monoisotopic (exact) mass is 512 g/mol. The number of carbonyl (C=O) groups is 5. The third kappa shape index (κ3) is 9.73. The van der Waals surface area contributed by atoms with E-state index in [1.54, 1.807) is 60.7 Å². The third-order valence-corrected chi connectivity index (χ3v) is 5.49. The van der Waals surface area contributed by atoms with Crippen LogP contribution in [0.2, 0.25) is 0 Å². The fourth-order valence-corrected chi connectivity index (χ4v) is 3.55. The summed E-state index contributed by atoms with van der Waals surface area (Å²) in [6.45, 7) is -0.433. The molecule has 2 aromatic carbocycles. The minimum Gasteiger partial charge on any atom is -0.480 e. The average molecular weight is 513 g/mol. The summed E-state index contributed by atoms with van der Waals surface area (Å²) in [6, 6.07) is 14.7. The molecule has 0 saturated heterocycles. The number of hydrogen-bond donors (Lipinski definition) is 4. The van der Waals surface area contributed by atoms with E-state index in [9.17, 15) is 29.1 Å². The van der Waals surface area contributed by atoms with Crippen molar-refractivity contribution in [3.05, 3.63) is 71.8 Å². The van der Waals surface area contributed by atoms with Crippen LogP contribution in [0.5, 0.6) is 0 Å². The van der Waals surface area contributed by atoms with Gasteiger partial charge in [0.05, 0.1) is 6.54 Å². The predicted molar refractivity (Wildman–Crippen MR) is 134 cm³/mol. The Hall–Kier alpha value is -4.25. The first-order chi connectivity index (χ1) is 17.9. The van der Waals surface area contributed by atoms with Gasteiger partial charge in [-0.2, -0.15) is 0 Å². The second-order valence-electron chi connectivity index (χ2n) is 8.19. The molecule has 2 aromatic rings. The number of carbonyl (C=O) groups excluding carboxylic acids is 4. The molecule has 0 bridgehead atoms. The van der Waals surface area contributed by atoms with E-state index < -0.39 is 42.5 Å². The Morgan fingerprint density at radius 3 is 2.16 bits per heavy atom. The van der Waals surface area contributed by atoms with Crippen molar-refractivity contribution in [2.75, 3.05) is 13.1 Å². The van der Waals surface area contributed by atoms with Crippen LogP contribution in [0.4, 0.5) is 4.79 Å². The van der Waals surface area contributed by atoms with Crippen molar-refractivity contribution in [2.45, 2.75) is 44.4 Å². The van der Waals surface area contributed by atoms with Gasteiger partial charge in [-0.25, -0.2) is 14.5 Å². The Morgan fingerprint density at radius 2 is 1.59 bits per heavy atom. The van der Waals surface area contributed by atoms with E-state index in [4.69, 9.17) is 10.5 Å². The minimum absolute atomic E-state index is 0.162. The van der Waals surface area contributed by atoms with Gasteiger partial charge in [-0.05, 0) is 36.9 Å². The van der Waals surface area contributed by atoms with Gasteiger partial charge in [0.2, 0.25) is 12.3 Å². The van der Waals surface area contributed by atoms with Crippen molar-refractivity contribution in [1.82, 2.24) is 15.5 Å². The maximum atomic E-state index is 13.1. The van der Waals surface area contributed by atoms with E-state index >= 15 is 0 Å². The molecule has 0 unspecified atom stereocenters. The summed E-state index contributed by atoms with van der Waals surface area (Å²) in [5.41, 5.74) is 6.69.